The molecule has 0 spiro atoms. The number of hydrogen-bond donors (Lipinski definition) is 1. The van der Waals surface area contributed by atoms with Gasteiger partial charge < -0.3 is 10.1 Å². The predicted molar refractivity (Wildman–Crippen MR) is 91.8 cm³/mol. The summed E-state index contributed by atoms with van der Waals surface area (Å²) in [5, 5.41) is 5.14. The molecule has 0 aliphatic heterocycles. The van der Waals surface area contributed by atoms with E-state index in [0.29, 0.717) is 23.8 Å². The van der Waals surface area contributed by atoms with Gasteiger partial charge >= 0.3 is 0 Å². The molecule has 1 aromatic heterocycles. The van der Waals surface area contributed by atoms with Crippen LogP contribution in [0, 0.1) is 5.92 Å². The van der Waals surface area contributed by atoms with E-state index >= 15 is 0 Å². The van der Waals surface area contributed by atoms with Crippen LogP contribution in [0.1, 0.15) is 48.7 Å². The highest BCUT2D eigenvalue weighted by Gasteiger charge is 2.23. The second-order valence-corrected chi connectivity index (χ2v) is 6.86. The van der Waals surface area contributed by atoms with Crippen molar-refractivity contribution in [1.82, 2.24) is 10.3 Å². The Morgan fingerprint density at radius 1 is 1.39 bits per heavy atom. The Labute approximate surface area is 140 Å². The molecule has 1 heterocycles. The van der Waals surface area contributed by atoms with Crippen LogP contribution in [-0.2, 0) is 6.61 Å². The van der Waals surface area contributed by atoms with Crippen molar-refractivity contribution in [2.24, 2.45) is 5.92 Å². The van der Waals surface area contributed by atoms with Gasteiger partial charge in [0.15, 0.2) is 0 Å². The lowest BCUT2D eigenvalue weighted by molar-refractivity contribution is 0.0910. The van der Waals surface area contributed by atoms with E-state index in [1.54, 1.807) is 22.9 Å². The molecule has 1 N–H and O–H groups in total. The topological polar surface area (TPSA) is 51.2 Å². The summed E-state index contributed by atoms with van der Waals surface area (Å²) < 4.78 is 5.72. The summed E-state index contributed by atoms with van der Waals surface area (Å²) in [7, 11) is 0. The molecule has 1 saturated carbocycles. The van der Waals surface area contributed by atoms with Gasteiger partial charge in [-0.05, 0) is 37.0 Å². The van der Waals surface area contributed by atoms with Gasteiger partial charge in [-0.15, -0.1) is 11.3 Å². The smallest absolute Gasteiger partial charge is 0.251 e. The summed E-state index contributed by atoms with van der Waals surface area (Å²) >= 11 is 1.55. The highest BCUT2D eigenvalue weighted by Crippen LogP contribution is 2.24. The number of nitrogens with zero attached hydrogens (tertiary/aromatic N) is 1. The zero-order valence-electron chi connectivity index (χ0n) is 13.3. The molecule has 0 radical (unpaired) electrons. The number of ether oxygens (including phenoxy) is 1. The minimum atomic E-state index is -0.0112. The van der Waals surface area contributed by atoms with Gasteiger partial charge in [0, 0.05) is 17.0 Å². The average Bonchev–Trinajstić information content (AvgIpc) is 3.09. The van der Waals surface area contributed by atoms with E-state index < -0.39 is 0 Å². The van der Waals surface area contributed by atoms with Gasteiger partial charge in [-0.25, -0.2) is 4.98 Å². The number of thiazole rings is 1. The molecule has 0 bridgehead atoms. The van der Waals surface area contributed by atoms with Crippen molar-refractivity contribution in [3.05, 3.63) is 46.4 Å². The fourth-order valence-electron chi connectivity index (χ4n) is 2.98. The number of hydrogen-bond acceptors (Lipinski definition) is 4. The van der Waals surface area contributed by atoms with Gasteiger partial charge in [-0.2, -0.15) is 0 Å². The van der Waals surface area contributed by atoms with E-state index in [1.807, 2.05) is 23.6 Å². The Hall–Kier alpha value is -1.88. The standard InChI is InChI=1S/C18H22N2O2S/c1-13-5-2-3-8-17(13)20-18(21)14-6-4-7-16(9-14)22-10-15-11-23-12-19-15/h4,6-7,9,11-13,17H,2-3,5,8,10H2,1H3,(H,20,21)/t13-,17+/m0/s1. The molecule has 1 aliphatic carbocycles. The lowest BCUT2D eigenvalue weighted by atomic mass is 9.86. The molecule has 23 heavy (non-hydrogen) atoms. The molecule has 0 saturated heterocycles. The Morgan fingerprint density at radius 3 is 3.04 bits per heavy atom. The van der Waals surface area contributed by atoms with Crippen LogP contribution < -0.4 is 10.1 Å². The highest BCUT2D eigenvalue weighted by molar-refractivity contribution is 7.07. The van der Waals surface area contributed by atoms with Crippen molar-refractivity contribution in [3.63, 3.8) is 0 Å². The highest BCUT2D eigenvalue weighted by atomic mass is 32.1. The van der Waals surface area contributed by atoms with E-state index in [4.69, 9.17) is 4.74 Å². The normalized spacial score (nSPS) is 20.9. The maximum absolute atomic E-state index is 12.5. The molecule has 1 aromatic carbocycles. The van der Waals surface area contributed by atoms with E-state index in [2.05, 4.69) is 17.2 Å². The minimum Gasteiger partial charge on any atom is -0.487 e. The van der Waals surface area contributed by atoms with Crippen LogP contribution in [0.4, 0.5) is 0 Å². The number of rotatable bonds is 5. The minimum absolute atomic E-state index is 0.0112. The van der Waals surface area contributed by atoms with Gasteiger partial charge in [0.2, 0.25) is 0 Å². The number of amides is 1. The summed E-state index contributed by atoms with van der Waals surface area (Å²) in [5.41, 5.74) is 3.34. The molecule has 1 aliphatic rings. The molecule has 1 amide bonds. The Balaban J connectivity index is 1.60. The number of aromatic nitrogens is 1. The third-order valence-corrected chi connectivity index (χ3v) is 5.03. The summed E-state index contributed by atoms with van der Waals surface area (Å²) in [5.74, 6) is 1.24. The average molecular weight is 330 g/mol. The van der Waals surface area contributed by atoms with Gasteiger partial charge in [0.25, 0.3) is 5.91 Å². The molecule has 2 aromatic rings. The maximum atomic E-state index is 12.5. The molecule has 0 unspecified atom stereocenters. The monoisotopic (exact) mass is 330 g/mol. The van der Waals surface area contributed by atoms with Gasteiger partial charge in [0.05, 0.1) is 11.2 Å². The summed E-state index contributed by atoms with van der Waals surface area (Å²) in [4.78, 5) is 16.7. The third kappa shape index (κ3) is 4.32. The van der Waals surface area contributed by atoms with E-state index in [9.17, 15) is 4.79 Å². The van der Waals surface area contributed by atoms with Crippen LogP contribution in [0.2, 0.25) is 0 Å². The first-order chi connectivity index (χ1) is 11.2. The fourth-order valence-corrected chi connectivity index (χ4v) is 3.52. The van der Waals surface area contributed by atoms with Crippen LogP contribution >= 0.6 is 11.3 Å². The van der Waals surface area contributed by atoms with Crippen LogP contribution in [0.5, 0.6) is 5.75 Å². The van der Waals surface area contributed by atoms with Gasteiger partial charge in [-0.3, -0.25) is 4.79 Å². The number of nitrogens with one attached hydrogen (secondary N) is 1. The van der Waals surface area contributed by atoms with Crippen molar-refractivity contribution in [1.29, 1.82) is 0 Å². The summed E-state index contributed by atoms with van der Waals surface area (Å²) in [6.07, 6.45) is 4.74. The van der Waals surface area contributed by atoms with Crippen LogP contribution in [-0.4, -0.2) is 16.9 Å². The molecule has 4 nitrogen and oxygen atoms in total. The molecule has 122 valence electrons. The summed E-state index contributed by atoms with van der Waals surface area (Å²) in [6.45, 7) is 2.64. The van der Waals surface area contributed by atoms with Crippen LogP contribution in [0.25, 0.3) is 0 Å². The predicted octanol–water partition coefficient (Wildman–Crippen LogP) is 4.03. The quantitative estimate of drug-likeness (QED) is 0.900. The van der Waals surface area contributed by atoms with Crippen molar-refractivity contribution in [2.45, 2.75) is 45.3 Å². The molecular weight excluding hydrogens is 308 g/mol. The van der Waals surface area contributed by atoms with Gasteiger partial charge in [-0.1, -0.05) is 25.8 Å². The first kappa shape index (κ1) is 16.0. The first-order valence-electron chi connectivity index (χ1n) is 8.13. The Kier molecular flexibility index (Phi) is 5.28. The fraction of sp³-hybridized carbons (Fsp3) is 0.444. The Bertz CT molecular complexity index is 642. The lowest BCUT2D eigenvalue weighted by Gasteiger charge is -2.29. The molecular formula is C18H22N2O2S. The van der Waals surface area contributed by atoms with Gasteiger partial charge in [0.1, 0.15) is 12.4 Å². The molecule has 5 heteroatoms. The van der Waals surface area contributed by atoms with E-state index in [-0.39, 0.29) is 11.9 Å². The van der Waals surface area contributed by atoms with Crippen molar-refractivity contribution in [2.75, 3.05) is 0 Å². The maximum Gasteiger partial charge on any atom is 0.251 e. The summed E-state index contributed by atoms with van der Waals surface area (Å²) in [6, 6.07) is 7.64. The largest absolute Gasteiger partial charge is 0.487 e. The SMILES string of the molecule is C[C@H]1CCCC[C@H]1NC(=O)c1cccc(OCc2cscn2)c1. The second-order valence-electron chi connectivity index (χ2n) is 6.14. The number of benzene rings is 1. The third-order valence-electron chi connectivity index (χ3n) is 4.39. The van der Waals surface area contributed by atoms with Crippen LogP contribution in [0.15, 0.2) is 35.2 Å². The lowest BCUT2D eigenvalue weighted by Crippen LogP contribution is -2.41. The first-order valence-corrected chi connectivity index (χ1v) is 9.07. The zero-order valence-corrected chi connectivity index (χ0v) is 14.1. The van der Waals surface area contributed by atoms with Crippen molar-refractivity contribution >= 4 is 17.2 Å². The van der Waals surface area contributed by atoms with E-state index in [0.717, 1.165) is 12.1 Å². The Morgan fingerprint density at radius 2 is 2.26 bits per heavy atom. The second kappa shape index (κ2) is 7.59. The number of carbonyl (C=O) groups excluding carboxylic acids is 1. The molecule has 3 rings (SSSR count). The molecule has 2 atom stereocenters. The van der Waals surface area contributed by atoms with E-state index in [1.165, 1.54) is 19.3 Å². The van der Waals surface area contributed by atoms with Crippen molar-refractivity contribution in [3.8, 4) is 5.75 Å². The van der Waals surface area contributed by atoms with Crippen LogP contribution in [0.3, 0.4) is 0 Å². The number of carbonyl (C=O) groups is 1. The molecule has 1 fully saturated rings. The van der Waals surface area contributed by atoms with Crippen molar-refractivity contribution < 1.29 is 9.53 Å². The zero-order chi connectivity index (χ0) is 16.1.